The first-order valence-electron chi connectivity index (χ1n) is 9.37. The van der Waals surface area contributed by atoms with E-state index in [0.29, 0.717) is 19.6 Å². The van der Waals surface area contributed by atoms with Gasteiger partial charge in [-0.1, -0.05) is 36.4 Å². The number of carbonyl (C=O) groups is 1. The first kappa shape index (κ1) is 16.8. The molecule has 0 spiro atoms. The molecule has 4 aromatic rings. The van der Waals surface area contributed by atoms with E-state index in [9.17, 15) is 4.79 Å². The minimum atomic E-state index is 0.117. The number of anilines is 1. The number of amides is 1. The standard InChI is InChI=1S/C22H20N4O2/c27-21-15-25(10-11-26(21)18-7-2-1-3-8-18)14-17-13-23-24-22(17)20-12-16-6-4-5-9-19(16)28-20/h1-9,12-13H,10-11,14-15H2,(H,23,24). The van der Waals surface area contributed by atoms with Crippen LogP contribution in [0.4, 0.5) is 5.69 Å². The largest absolute Gasteiger partial charge is 0.454 e. The third-order valence-corrected chi connectivity index (χ3v) is 5.15. The normalized spacial score (nSPS) is 15.4. The van der Waals surface area contributed by atoms with E-state index in [0.717, 1.165) is 40.2 Å². The van der Waals surface area contributed by atoms with Crippen LogP contribution in [0.25, 0.3) is 22.4 Å². The van der Waals surface area contributed by atoms with Crippen LogP contribution in [0.5, 0.6) is 0 Å². The molecule has 1 amide bonds. The number of aromatic nitrogens is 2. The van der Waals surface area contributed by atoms with Crippen molar-refractivity contribution in [3.63, 3.8) is 0 Å². The molecule has 1 aliphatic rings. The summed E-state index contributed by atoms with van der Waals surface area (Å²) in [5.74, 6) is 0.884. The van der Waals surface area contributed by atoms with E-state index in [4.69, 9.17) is 4.42 Å². The second kappa shape index (κ2) is 6.98. The summed E-state index contributed by atoms with van der Waals surface area (Å²) in [6, 6.07) is 19.8. The van der Waals surface area contributed by atoms with Gasteiger partial charge in [0, 0.05) is 36.3 Å². The van der Waals surface area contributed by atoms with Crippen LogP contribution in [0, 0.1) is 0 Å². The molecule has 6 heteroatoms. The van der Waals surface area contributed by atoms with Gasteiger partial charge in [0.1, 0.15) is 11.3 Å². The number of carbonyl (C=O) groups excluding carboxylic acids is 1. The van der Waals surface area contributed by atoms with Gasteiger partial charge < -0.3 is 9.32 Å². The number of fused-ring (bicyclic) bond motifs is 1. The number of H-pyrrole nitrogens is 1. The molecule has 5 rings (SSSR count). The van der Waals surface area contributed by atoms with Gasteiger partial charge in [0.25, 0.3) is 0 Å². The van der Waals surface area contributed by atoms with Crippen molar-refractivity contribution in [2.75, 3.05) is 24.5 Å². The number of aromatic amines is 1. The third kappa shape index (κ3) is 3.08. The molecule has 1 fully saturated rings. The average Bonchev–Trinajstić information content (AvgIpc) is 3.35. The summed E-state index contributed by atoms with van der Waals surface area (Å²) in [6.45, 7) is 2.53. The first-order chi connectivity index (χ1) is 13.8. The minimum Gasteiger partial charge on any atom is -0.454 e. The smallest absolute Gasteiger partial charge is 0.241 e. The van der Waals surface area contributed by atoms with Crippen molar-refractivity contribution in [1.82, 2.24) is 15.1 Å². The second-order valence-electron chi connectivity index (χ2n) is 7.01. The molecule has 6 nitrogen and oxygen atoms in total. The summed E-state index contributed by atoms with van der Waals surface area (Å²) in [5, 5.41) is 8.32. The van der Waals surface area contributed by atoms with Crippen LogP contribution < -0.4 is 4.90 Å². The van der Waals surface area contributed by atoms with Crippen molar-refractivity contribution in [3.8, 4) is 11.5 Å². The number of hydrogen-bond acceptors (Lipinski definition) is 4. The number of nitrogens with one attached hydrogen (secondary N) is 1. The highest BCUT2D eigenvalue weighted by Gasteiger charge is 2.26. The number of hydrogen-bond donors (Lipinski definition) is 1. The summed E-state index contributed by atoms with van der Waals surface area (Å²) in [7, 11) is 0. The summed E-state index contributed by atoms with van der Waals surface area (Å²) in [6.07, 6.45) is 1.82. The fourth-order valence-corrected chi connectivity index (χ4v) is 3.73. The Morgan fingerprint density at radius 3 is 2.68 bits per heavy atom. The van der Waals surface area contributed by atoms with E-state index in [1.54, 1.807) is 0 Å². The van der Waals surface area contributed by atoms with Crippen molar-refractivity contribution in [1.29, 1.82) is 0 Å². The van der Waals surface area contributed by atoms with Crippen LogP contribution >= 0.6 is 0 Å². The molecule has 0 bridgehead atoms. The molecule has 0 saturated carbocycles. The predicted octanol–water partition coefficient (Wildman–Crippen LogP) is 3.67. The molecule has 0 unspecified atom stereocenters. The third-order valence-electron chi connectivity index (χ3n) is 5.15. The molecule has 3 heterocycles. The SMILES string of the molecule is O=C1CN(Cc2cn[nH]c2-c2cc3ccccc3o2)CCN1c1ccccc1. The maximum Gasteiger partial charge on any atom is 0.241 e. The molecule has 2 aromatic carbocycles. The zero-order valence-corrected chi connectivity index (χ0v) is 15.3. The maximum atomic E-state index is 12.6. The van der Waals surface area contributed by atoms with Crippen LogP contribution in [0.2, 0.25) is 0 Å². The van der Waals surface area contributed by atoms with Crippen molar-refractivity contribution in [2.24, 2.45) is 0 Å². The highest BCUT2D eigenvalue weighted by Crippen LogP contribution is 2.29. The van der Waals surface area contributed by atoms with E-state index in [1.165, 1.54) is 0 Å². The van der Waals surface area contributed by atoms with Crippen molar-refractivity contribution < 1.29 is 9.21 Å². The molecular weight excluding hydrogens is 352 g/mol. The summed E-state index contributed by atoms with van der Waals surface area (Å²) in [4.78, 5) is 16.7. The fourth-order valence-electron chi connectivity index (χ4n) is 3.73. The molecule has 0 atom stereocenters. The highest BCUT2D eigenvalue weighted by atomic mass is 16.3. The van der Waals surface area contributed by atoms with Crippen molar-refractivity contribution in [2.45, 2.75) is 6.54 Å². The maximum absolute atomic E-state index is 12.6. The Hall–Kier alpha value is -3.38. The summed E-state index contributed by atoms with van der Waals surface area (Å²) >= 11 is 0. The molecule has 1 aliphatic heterocycles. The Bertz CT molecular complexity index is 1080. The molecule has 0 aliphatic carbocycles. The van der Waals surface area contributed by atoms with Gasteiger partial charge >= 0.3 is 0 Å². The lowest BCUT2D eigenvalue weighted by atomic mass is 10.1. The van der Waals surface area contributed by atoms with Crippen LogP contribution in [-0.4, -0.2) is 40.6 Å². The Balaban J connectivity index is 1.33. The molecular formula is C22H20N4O2. The van der Waals surface area contributed by atoms with Gasteiger partial charge in [0.05, 0.1) is 12.7 Å². The highest BCUT2D eigenvalue weighted by molar-refractivity contribution is 5.95. The fraction of sp³-hybridized carbons (Fsp3) is 0.182. The number of rotatable bonds is 4. The second-order valence-corrected chi connectivity index (χ2v) is 7.01. The lowest BCUT2D eigenvalue weighted by Gasteiger charge is -2.34. The van der Waals surface area contributed by atoms with Crippen molar-refractivity contribution >= 4 is 22.6 Å². The number of furan rings is 1. The molecule has 140 valence electrons. The van der Waals surface area contributed by atoms with Gasteiger partial charge in [-0.05, 0) is 24.3 Å². The molecule has 2 aromatic heterocycles. The number of para-hydroxylation sites is 2. The Morgan fingerprint density at radius 1 is 1.04 bits per heavy atom. The van der Waals surface area contributed by atoms with E-state index >= 15 is 0 Å². The quantitative estimate of drug-likeness (QED) is 0.594. The van der Waals surface area contributed by atoms with Gasteiger partial charge in [-0.25, -0.2) is 0 Å². The van der Waals surface area contributed by atoms with E-state index in [1.807, 2.05) is 71.8 Å². The molecule has 0 radical (unpaired) electrons. The number of nitrogens with zero attached hydrogens (tertiary/aromatic N) is 3. The first-order valence-corrected chi connectivity index (χ1v) is 9.37. The van der Waals surface area contributed by atoms with Crippen LogP contribution in [0.3, 0.4) is 0 Å². The lowest BCUT2D eigenvalue weighted by molar-refractivity contribution is -0.121. The van der Waals surface area contributed by atoms with Crippen LogP contribution in [0.1, 0.15) is 5.56 Å². The van der Waals surface area contributed by atoms with Gasteiger partial charge in [0.15, 0.2) is 5.76 Å². The average molecular weight is 372 g/mol. The summed E-state index contributed by atoms with van der Waals surface area (Å²) in [5.41, 5.74) is 3.71. The Morgan fingerprint density at radius 2 is 1.86 bits per heavy atom. The van der Waals surface area contributed by atoms with Gasteiger partial charge in [-0.15, -0.1) is 0 Å². The van der Waals surface area contributed by atoms with E-state index < -0.39 is 0 Å². The van der Waals surface area contributed by atoms with Gasteiger partial charge in [-0.3, -0.25) is 14.8 Å². The predicted molar refractivity (Wildman–Crippen MR) is 108 cm³/mol. The van der Waals surface area contributed by atoms with Crippen LogP contribution in [-0.2, 0) is 11.3 Å². The van der Waals surface area contributed by atoms with Crippen LogP contribution in [0.15, 0.2) is 71.3 Å². The lowest BCUT2D eigenvalue weighted by Crippen LogP contribution is -2.50. The topological polar surface area (TPSA) is 65.4 Å². The monoisotopic (exact) mass is 372 g/mol. The van der Waals surface area contributed by atoms with E-state index in [-0.39, 0.29) is 5.91 Å². The van der Waals surface area contributed by atoms with Gasteiger partial charge in [0.2, 0.25) is 5.91 Å². The van der Waals surface area contributed by atoms with Gasteiger partial charge in [-0.2, -0.15) is 5.10 Å². The molecule has 28 heavy (non-hydrogen) atoms. The Labute approximate surface area is 162 Å². The Kier molecular flexibility index (Phi) is 4.18. The number of benzene rings is 2. The minimum absolute atomic E-state index is 0.117. The van der Waals surface area contributed by atoms with Crippen molar-refractivity contribution in [3.05, 3.63) is 72.4 Å². The van der Waals surface area contributed by atoms with E-state index in [2.05, 4.69) is 15.1 Å². The molecule has 1 saturated heterocycles. The zero-order valence-electron chi connectivity index (χ0n) is 15.3. The zero-order chi connectivity index (χ0) is 18.9. The molecule has 1 N–H and O–H groups in total. The number of piperazine rings is 1. The summed E-state index contributed by atoms with van der Waals surface area (Å²) < 4.78 is 5.97.